The summed E-state index contributed by atoms with van der Waals surface area (Å²) in [6, 6.07) is 0. The molecular weight excluding hydrogens is 416 g/mol. The van der Waals surface area contributed by atoms with Gasteiger partial charge in [-0.05, 0) is 97.2 Å². The maximum atomic E-state index is 11.9. The third-order valence-corrected chi connectivity index (χ3v) is 13.1. The minimum absolute atomic E-state index is 0.0309. The first-order valence-electron chi connectivity index (χ1n) is 14.3. The summed E-state index contributed by atoms with van der Waals surface area (Å²) in [6.45, 7) is 24.0. The van der Waals surface area contributed by atoms with E-state index in [1.165, 1.54) is 56.9 Å². The standard InChI is InChI=1S/C32H50O2/c1-20-12-15-29(6)18-19-31(8)23(27(29)21(20)2)10-11-25-30(7)16-14-26(34-22(3)33)28(4,5)24(30)13-17-32(25,31)9/h10,20,24-27H,2,11-19H2,1,3-9H3. The van der Waals surface area contributed by atoms with Crippen LogP contribution in [0.3, 0.4) is 0 Å². The number of carbonyl (C=O) groups excluding carboxylic acids is 1. The molecule has 0 N–H and O–H groups in total. The van der Waals surface area contributed by atoms with Crippen molar-refractivity contribution < 1.29 is 9.53 Å². The molecule has 0 aromatic heterocycles. The molecule has 5 aliphatic rings. The SMILES string of the molecule is C=C1C(C)CCC2(C)CCC3(C)C(=CCC4C5(C)CCC(OC(C)=O)C(C)(C)C5CCC43C)C12. The van der Waals surface area contributed by atoms with Gasteiger partial charge in [0.15, 0.2) is 0 Å². The Kier molecular flexibility index (Phi) is 5.42. The van der Waals surface area contributed by atoms with Crippen LogP contribution >= 0.6 is 0 Å². The number of hydrogen-bond donors (Lipinski definition) is 0. The third kappa shape index (κ3) is 3.02. The van der Waals surface area contributed by atoms with Gasteiger partial charge in [0.05, 0.1) is 0 Å². The predicted octanol–water partition coefficient (Wildman–Crippen LogP) is 8.52. The monoisotopic (exact) mass is 466 g/mol. The van der Waals surface area contributed by atoms with Crippen molar-refractivity contribution in [1.29, 1.82) is 0 Å². The van der Waals surface area contributed by atoms with Crippen molar-refractivity contribution in [3.05, 3.63) is 23.8 Å². The summed E-state index contributed by atoms with van der Waals surface area (Å²) in [4.78, 5) is 11.9. The van der Waals surface area contributed by atoms with Gasteiger partial charge in [0.2, 0.25) is 0 Å². The Bertz CT molecular complexity index is 927. The Morgan fingerprint density at radius 2 is 1.65 bits per heavy atom. The molecule has 0 bridgehead atoms. The van der Waals surface area contributed by atoms with E-state index < -0.39 is 0 Å². The van der Waals surface area contributed by atoms with Gasteiger partial charge >= 0.3 is 5.97 Å². The average molecular weight is 467 g/mol. The molecule has 0 aromatic rings. The predicted molar refractivity (Wildman–Crippen MR) is 140 cm³/mol. The quantitative estimate of drug-likeness (QED) is 0.286. The van der Waals surface area contributed by atoms with Crippen molar-refractivity contribution in [2.24, 2.45) is 50.7 Å². The molecule has 0 aromatic carbocycles. The number of esters is 1. The van der Waals surface area contributed by atoms with Gasteiger partial charge in [0.25, 0.3) is 0 Å². The highest BCUT2D eigenvalue weighted by molar-refractivity contribution is 5.66. The molecule has 0 amide bonds. The second-order valence-electron chi connectivity index (χ2n) is 14.9. The number of fused-ring (bicyclic) bond motifs is 7. The summed E-state index contributed by atoms with van der Waals surface area (Å²) < 4.78 is 5.90. The molecule has 0 aliphatic heterocycles. The number of ether oxygens (including phenoxy) is 1. The minimum atomic E-state index is -0.118. The van der Waals surface area contributed by atoms with Crippen LogP contribution in [0.15, 0.2) is 23.8 Å². The lowest BCUT2D eigenvalue weighted by molar-refractivity contribution is -0.210. The van der Waals surface area contributed by atoms with E-state index >= 15 is 0 Å². The molecule has 5 rings (SSSR count). The van der Waals surface area contributed by atoms with Gasteiger partial charge < -0.3 is 4.74 Å². The smallest absolute Gasteiger partial charge is 0.302 e. The average Bonchev–Trinajstić information content (AvgIpc) is 2.74. The Hall–Kier alpha value is -1.05. The van der Waals surface area contributed by atoms with Crippen LogP contribution in [0, 0.1) is 50.7 Å². The summed E-state index contributed by atoms with van der Waals surface area (Å²) in [6.07, 6.45) is 14.1. The van der Waals surface area contributed by atoms with Crippen LogP contribution in [0.1, 0.15) is 113 Å². The molecule has 9 atom stereocenters. The van der Waals surface area contributed by atoms with Crippen molar-refractivity contribution in [3.8, 4) is 0 Å². The van der Waals surface area contributed by atoms with Gasteiger partial charge in [-0.3, -0.25) is 4.79 Å². The second kappa shape index (κ2) is 7.48. The third-order valence-electron chi connectivity index (χ3n) is 13.1. The van der Waals surface area contributed by atoms with E-state index in [2.05, 4.69) is 54.5 Å². The topological polar surface area (TPSA) is 26.3 Å². The maximum absolute atomic E-state index is 11.9. The molecule has 0 spiro atoms. The van der Waals surface area contributed by atoms with Gasteiger partial charge in [-0.25, -0.2) is 0 Å². The molecule has 34 heavy (non-hydrogen) atoms. The lowest BCUT2D eigenvalue weighted by Crippen LogP contribution is -2.64. The number of rotatable bonds is 1. The van der Waals surface area contributed by atoms with E-state index in [4.69, 9.17) is 11.3 Å². The van der Waals surface area contributed by atoms with E-state index in [1.807, 2.05) is 0 Å². The molecule has 190 valence electrons. The zero-order valence-corrected chi connectivity index (χ0v) is 23.4. The largest absolute Gasteiger partial charge is 0.462 e. The normalized spacial score (nSPS) is 51.8. The Morgan fingerprint density at radius 1 is 0.941 bits per heavy atom. The lowest BCUT2D eigenvalue weighted by Gasteiger charge is -2.71. The van der Waals surface area contributed by atoms with Crippen LogP contribution in [0.25, 0.3) is 0 Å². The van der Waals surface area contributed by atoms with Gasteiger partial charge in [-0.1, -0.05) is 72.3 Å². The van der Waals surface area contributed by atoms with Crippen molar-refractivity contribution in [3.63, 3.8) is 0 Å². The van der Waals surface area contributed by atoms with Gasteiger partial charge in [0.1, 0.15) is 6.10 Å². The summed E-state index contributed by atoms with van der Waals surface area (Å²) in [5.74, 6) is 2.41. The van der Waals surface area contributed by atoms with E-state index in [9.17, 15) is 4.79 Å². The van der Waals surface area contributed by atoms with Crippen molar-refractivity contribution in [2.75, 3.05) is 0 Å². The van der Waals surface area contributed by atoms with E-state index in [1.54, 1.807) is 12.5 Å². The zero-order valence-electron chi connectivity index (χ0n) is 23.4. The zero-order chi connectivity index (χ0) is 24.9. The van der Waals surface area contributed by atoms with Crippen LogP contribution in [-0.2, 0) is 9.53 Å². The highest BCUT2D eigenvalue weighted by Crippen LogP contribution is 2.75. The van der Waals surface area contributed by atoms with E-state index in [0.29, 0.717) is 39.9 Å². The fourth-order valence-corrected chi connectivity index (χ4v) is 10.8. The minimum Gasteiger partial charge on any atom is -0.462 e. The van der Waals surface area contributed by atoms with Crippen molar-refractivity contribution >= 4 is 5.97 Å². The highest BCUT2D eigenvalue weighted by atomic mass is 16.5. The van der Waals surface area contributed by atoms with Gasteiger partial charge in [-0.15, -0.1) is 0 Å². The molecule has 9 unspecified atom stereocenters. The van der Waals surface area contributed by atoms with Crippen LogP contribution in [0.5, 0.6) is 0 Å². The van der Waals surface area contributed by atoms with Crippen LogP contribution in [0.4, 0.5) is 0 Å². The molecule has 0 saturated heterocycles. The van der Waals surface area contributed by atoms with E-state index in [0.717, 1.165) is 6.42 Å². The molecular formula is C32H50O2. The Labute approximate surface area is 209 Å². The first-order chi connectivity index (χ1) is 15.7. The second-order valence-corrected chi connectivity index (χ2v) is 14.9. The van der Waals surface area contributed by atoms with Crippen LogP contribution < -0.4 is 0 Å². The lowest BCUT2D eigenvalue weighted by atomic mass is 9.33. The maximum Gasteiger partial charge on any atom is 0.302 e. The molecule has 0 heterocycles. The Morgan fingerprint density at radius 3 is 2.32 bits per heavy atom. The summed E-state index contributed by atoms with van der Waals surface area (Å²) in [5.41, 5.74) is 4.63. The summed E-state index contributed by atoms with van der Waals surface area (Å²) in [5, 5.41) is 0. The highest BCUT2D eigenvalue weighted by Gasteiger charge is 2.68. The van der Waals surface area contributed by atoms with Gasteiger partial charge in [0, 0.05) is 18.3 Å². The fourth-order valence-electron chi connectivity index (χ4n) is 10.8. The Balaban J connectivity index is 1.55. The molecule has 2 heteroatoms. The first-order valence-corrected chi connectivity index (χ1v) is 14.3. The fraction of sp³-hybridized carbons (Fsp3) is 0.844. The van der Waals surface area contributed by atoms with Crippen molar-refractivity contribution in [2.45, 2.75) is 119 Å². The molecule has 0 radical (unpaired) electrons. The first kappa shape index (κ1) is 24.6. The number of allylic oxidation sites excluding steroid dienone is 3. The molecule has 2 nitrogen and oxygen atoms in total. The summed E-state index contributed by atoms with van der Waals surface area (Å²) >= 11 is 0. The van der Waals surface area contributed by atoms with Crippen LogP contribution in [0.2, 0.25) is 0 Å². The summed E-state index contributed by atoms with van der Waals surface area (Å²) in [7, 11) is 0. The van der Waals surface area contributed by atoms with Crippen LogP contribution in [-0.4, -0.2) is 12.1 Å². The molecule has 5 aliphatic carbocycles. The number of carbonyl (C=O) groups is 1. The number of hydrogen-bond acceptors (Lipinski definition) is 2. The molecule has 4 saturated carbocycles. The van der Waals surface area contributed by atoms with Crippen molar-refractivity contribution in [1.82, 2.24) is 0 Å². The molecule has 4 fully saturated rings. The van der Waals surface area contributed by atoms with Gasteiger partial charge in [-0.2, -0.15) is 0 Å². The van der Waals surface area contributed by atoms with E-state index in [-0.39, 0.29) is 22.9 Å².